The second kappa shape index (κ2) is 5.94. The van der Waals surface area contributed by atoms with Crippen molar-refractivity contribution >= 4 is 10.8 Å². The molecule has 96 valence electrons. The zero-order chi connectivity index (χ0) is 13.0. The SMILES string of the molecule is CCCC(OC)C(O)c1cccc2cnccc12. The molecule has 1 aromatic heterocycles. The van der Waals surface area contributed by atoms with Gasteiger partial charge in [0.2, 0.25) is 0 Å². The fourth-order valence-corrected chi connectivity index (χ4v) is 2.29. The molecule has 0 aliphatic heterocycles. The smallest absolute Gasteiger partial charge is 0.106 e. The Morgan fingerprint density at radius 3 is 2.89 bits per heavy atom. The number of hydrogen-bond donors (Lipinski definition) is 1. The maximum atomic E-state index is 10.5. The van der Waals surface area contributed by atoms with Crippen molar-refractivity contribution in [1.82, 2.24) is 4.98 Å². The van der Waals surface area contributed by atoms with E-state index in [1.165, 1.54) is 0 Å². The molecule has 0 saturated carbocycles. The van der Waals surface area contributed by atoms with Crippen molar-refractivity contribution in [3.63, 3.8) is 0 Å². The van der Waals surface area contributed by atoms with Gasteiger partial charge < -0.3 is 9.84 Å². The maximum absolute atomic E-state index is 10.5. The number of aromatic nitrogens is 1. The summed E-state index contributed by atoms with van der Waals surface area (Å²) in [5.41, 5.74) is 0.912. The fourth-order valence-electron chi connectivity index (χ4n) is 2.29. The van der Waals surface area contributed by atoms with Gasteiger partial charge in [0.05, 0.1) is 6.10 Å². The first kappa shape index (κ1) is 13.0. The molecule has 3 heteroatoms. The van der Waals surface area contributed by atoms with Gasteiger partial charge in [-0.25, -0.2) is 0 Å². The molecule has 0 saturated heterocycles. The third-order valence-electron chi connectivity index (χ3n) is 3.26. The Morgan fingerprint density at radius 2 is 2.17 bits per heavy atom. The number of hydrogen-bond acceptors (Lipinski definition) is 3. The molecular weight excluding hydrogens is 226 g/mol. The van der Waals surface area contributed by atoms with Crippen molar-refractivity contribution in [3.8, 4) is 0 Å². The van der Waals surface area contributed by atoms with E-state index in [1.54, 1.807) is 13.3 Å². The molecule has 0 bridgehead atoms. The van der Waals surface area contributed by atoms with Crippen LogP contribution in [0, 0.1) is 0 Å². The third-order valence-corrected chi connectivity index (χ3v) is 3.26. The average Bonchev–Trinajstić information content (AvgIpc) is 2.43. The van der Waals surface area contributed by atoms with Gasteiger partial charge in [-0.2, -0.15) is 0 Å². The molecule has 3 nitrogen and oxygen atoms in total. The number of aliphatic hydroxyl groups excluding tert-OH is 1. The van der Waals surface area contributed by atoms with E-state index in [-0.39, 0.29) is 6.10 Å². The number of benzene rings is 1. The van der Waals surface area contributed by atoms with Gasteiger partial charge in [0.1, 0.15) is 6.10 Å². The number of pyridine rings is 1. The zero-order valence-corrected chi connectivity index (χ0v) is 10.8. The van der Waals surface area contributed by atoms with Crippen LogP contribution in [0.2, 0.25) is 0 Å². The molecule has 1 aromatic carbocycles. The standard InChI is InChI=1S/C15H19NO2/c1-3-5-14(18-2)15(17)13-7-4-6-11-10-16-9-8-12(11)13/h4,6-10,14-15,17H,3,5H2,1-2H3. The Kier molecular flexibility index (Phi) is 4.28. The van der Waals surface area contributed by atoms with Crippen LogP contribution in [-0.2, 0) is 4.74 Å². The lowest BCUT2D eigenvalue weighted by Gasteiger charge is -2.22. The van der Waals surface area contributed by atoms with Crippen LogP contribution in [-0.4, -0.2) is 23.3 Å². The second-order valence-electron chi connectivity index (χ2n) is 4.45. The number of ether oxygens (including phenoxy) is 1. The Hall–Kier alpha value is -1.45. The van der Waals surface area contributed by atoms with Gasteiger partial charge in [-0.05, 0) is 23.4 Å². The minimum atomic E-state index is -0.596. The Balaban J connectivity index is 2.40. The summed E-state index contributed by atoms with van der Waals surface area (Å²) in [7, 11) is 1.65. The molecule has 2 atom stereocenters. The van der Waals surface area contributed by atoms with Crippen LogP contribution in [0.3, 0.4) is 0 Å². The van der Waals surface area contributed by atoms with E-state index in [0.29, 0.717) is 0 Å². The molecular formula is C15H19NO2. The average molecular weight is 245 g/mol. The van der Waals surface area contributed by atoms with E-state index in [1.807, 2.05) is 30.5 Å². The lowest BCUT2D eigenvalue weighted by atomic mass is 9.96. The molecule has 1 N–H and O–H groups in total. The summed E-state index contributed by atoms with van der Waals surface area (Å²) in [6, 6.07) is 7.84. The highest BCUT2D eigenvalue weighted by Crippen LogP contribution is 2.28. The zero-order valence-electron chi connectivity index (χ0n) is 10.8. The lowest BCUT2D eigenvalue weighted by molar-refractivity contribution is -0.0172. The molecule has 0 radical (unpaired) electrons. The quantitative estimate of drug-likeness (QED) is 0.880. The molecule has 1 heterocycles. The van der Waals surface area contributed by atoms with Crippen molar-refractivity contribution in [1.29, 1.82) is 0 Å². The Bertz CT molecular complexity index is 507. The van der Waals surface area contributed by atoms with Crippen molar-refractivity contribution < 1.29 is 9.84 Å². The van der Waals surface area contributed by atoms with Gasteiger partial charge in [-0.1, -0.05) is 31.5 Å². The van der Waals surface area contributed by atoms with Crippen LogP contribution >= 0.6 is 0 Å². The normalized spacial score (nSPS) is 14.6. The number of fused-ring (bicyclic) bond motifs is 1. The Labute approximate surface area is 107 Å². The minimum Gasteiger partial charge on any atom is -0.386 e. The van der Waals surface area contributed by atoms with Crippen molar-refractivity contribution in [2.24, 2.45) is 0 Å². The molecule has 2 unspecified atom stereocenters. The van der Waals surface area contributed by atoms with Gasteiger partial charge in [0, 0.05) is 24.9 Å². The topological polar surface area (TPSA) is 42.4 Å². The summed E-state index contributed by atoms with van der Waals surface area (Å²) in [5, 5.41) is 12.5. The predicted molar refractivity (Wildman–Crippen MR) is 72.4 cm³/mol. The number of rotatable bonds is 5. The van der Waals surface area contributed by atoms with E-state index in [4.69, 9.17) is 4.74 Å². The molecule has 0 amide bonds. The third kappa shape index (κ3) is 2.52. The first-order chi connectivity index (χ1) is 8.77. The highest BCUT2D eigenvalue weighted by molar-refractivity contribution is 5.85. The summed E-state index contributed by atoms with van der Waals surface area (Å²) < 4.78 is 5.39. The first-order valence-corrected chi connectivity index (χ1v) is 6.31. The summed E-state index contributed by atoms with van der Waals surface area (Å²) in [4.78, 5) is 4.10. The van der Waals surface area contributed by atoms with Crippen molar-refractivity contribution in [3.05, 3.63) is 42.2 Å². The van der Waals surface area contributed by atoms with E-state index < -0.39 is 6.10 Å². The van der Waals surface area contributed by atoms with Crippen molar-refractivity contribution in [2.45, 2.75) is 32.0 Å². The Morgan fingerprint density at radius 1 is 1.33 bits per heavy atom. The van der Waals surface area contributed by atoms with Gasteiger partial charge in [0.15, 0.2) is 0 Å². The van der Waals surface area contributed by atoms with Gasteiger partial charge in [0.25, 0.3) is 0 Å². The van der Waals surface area contributed by atoms with E-state index in [2.05, 4.69) is 11.9 Å². The van der Waals surface area contributed by atoms with Crippen LogP contribution in [0.15, 0.2) is 36.7 Å². The summed E-state index contributed by atoms with van der Waals surface area (Å²) in [6.45, 7) is 2.09. The minimum absolute atomic E-state index is 0.159. The summed E-state index contributed by atoms with van der Waals surface area (Å²) in [6.07, 6.45) is 4.64. The second-order valence-corrected chi connectivity index (χ2v) is 4.45. The van der Waals surface area contributed by atoms with Crippen LogP contribution in [0.5, 0.6) is 0 Å². The largest absolute Gasteiger partial charge is 0.386 e. The molecule has 18 heavy (non-hydrogen) atoms. The van der Waals surface area contributed by atoms with Crippen LogP contribution in [0.1, 0.15) is 31.4 Å². The fraction of sp³-hybridized carbons (Fsp3) is 0.400. The molecule has 0 fully saturated rings. The number of nitrogens with zero attached hydrogens (tertiary/aromatic N) is 1. The predicted octanol–water partition coefficient (Wildman–Crippen LogP) is 3.08. The molecule has 0 aliphatic carbocycles. The van der Waals surface area contributed by atoms with Gasteiger partial charge >= 0.3 is 0 Å². The van der Waals surface area contributed by atoms with E-state index in [9.17, 15) is 5.11 Å². The van der Waals surface area contributed by atoms with E-state index in [0.717, 1.165) is 29.2 Å². The van der Waals surface area contributed by atoms with Crippen molar-refractivity contribution in [2.75, 3.05) is 7.11 Å². The molecule has 2 aromatic rings. The summed E-state index contributed by atoms with van der Waals surface area (Å²) >= 11 is 0. The maximum Gasteiger partial charge on any atom is 0.106 e. The highest BCUT2D eigenvalue weighted by Gasteiger charge is 2.21. The number of aliphatic hydroxyl groups is 1. The highest BCUT2D eigenvalue weighted by atomic mass is 16.5. The molecule has 0 aliphatic rings. The molecule has 0 spiro atoms. The van der Waals surface area contributed by atoms with Crippen LogP contribution < -0.4 is 0 Å². The number of methoxy groups -OCH3 is 1. The van der Waals surface area contributed by atoms with Gasteiger partial charge in [-0.15, -0.1) is 0 Å². The van der Waals surface area contributed by atoms with E-state index >= 15 is 0 Å². The first-order valence-electron chi connectivity index (χ1n) is 6.31. The molecule has 2 rings (SSSR count). The lowest BCUT2D eigenvalue weighted by Crippen LogP contribution is -2.20. The summed E-state index contributed by atoms with van der Waals surface area (Å²) in [5.74, 6) is 0. The van der Waals surface area contributed by atoms with Crippen LogP contribution in [0.25, 0.3) is 10.8 Å². The van der Waals surface area contributed by atoms with Crippen LogP contribution in [0.4, 0.5) is 0 Å². The van der Waals surface area contributed by atoms with Gasteiger partial charge in [-0.3, -0.25) is 4.98 Å². The monoisotopic (exact) mass is 245 g/mol.